The van der Waals surface area contributed by atoms with Crippen molar-refractivity contribution in [2.24, 2.45) is 5.92 Å². The SMILES string of the molecule is CCOCCCN(C(=O)C(C)C)[C@@H]1CC(C(=O)NCCO)=C[C@H](Oc2ccccc2I)[C@H]1O. The van der Waals surface area contributed by atoms with Gasteiger partial charge in [0.25, 0.3) is 0 Å². The maximum atomic E-state index is 13.1. The van der Waals surface area contributed by atoms with Crippen molar-refractivity contribution >= 4 is 34.4 Å². The van der Waals surface area contributed by atoms with Crippen LogP contribution in [-0.2, 0) is 14.3 Å². The van der Waals surface area contributed by atoms with Gasteiger partial charge in [-0.3, -0.25) is 9.59 Å². The van der Waals surface area contributed by atoms with Gasteiger partial charge in [-0.2, -0.15) is 0 Å². The fourth-order valence-corrected chi connectivity index (χ4v) is 4.23. The summed E-state index contributed by atoms with van der Waals surface area (Å²) in [5, 5.41) is 23.0. The van der Waals surface area contributed by atoms with Gasteiger partial charge in [0.1, 0.15) is 18.0 Å². The number of para-hydroxylation sites is 1. The Hall–Kier alpha value is -1.69. The molecule has 9 heteroatoms. The molecule has 1 aliphatic rings. The lowest BCUT2D eigenvalue weighted by Crippen LogP contribution is -2.56. The fraction of sp³-hybridized carbons (Fsp3) is 0.583. The quantitative estimate of drug-likeness (QED) is 0.261. The summed E-state index contributed by atoms with van der Waals surface area (Å²) in [7, 11) is 0. The van der Waals surface area contributed by atoms with E-state index in [1.807, 2.05) is 39.0 Å². The molecule has 3 atom stereocenters. The summed E-state index contributed by atoms with van der Waals surface area (Å²) in [5.41, 5.74) is 0.418. The van der Waals surface area contributed by atoms with Gasteiger partial charge >= 0.3 is 0 Å². The zero-order chi connectivity index (χ0) is 24.4. The highest BCUT2D eigenvalue weighted by atomic mass is 127. The smallest absolute Gasteiger partial charge is 0.247 e. The Labute approximate surface area is 209 Å². The van der Waals surface area contributed by atoms with Crippen LogP contribution >= 0.6 is 22.6 Å². The highest BCUT2D eigenvalue weighted by Gasteiger charge is 2.40. The molecule has 8 nitrogen and oxygen atoms in total. The summed E-state index contributed by atoms with van der Waals surface area (Å²) in [6.45, 7) is 6.99. The van der Waals surface area contributed by atoms with E-state index in [0.29, 0.717) is 37.5 Å². The maximum absolute atomic E-state index is 13.1. The molecule has 1 aromatic rings. The van der Waals surface area contributed by atoms with Crippen molar-refractivity contribution in [1.29, 1.82) is 0 Å². The first-order chi connectivity index (χ1) is 15.8. The minimum atomic E-state index is -1.02. The standard InChI is InChI=1S/C24H35IN2O6/c1-4-32-13-7-11-27(24(31)16(2)3)19-14-17(23(30)26-10-12-28)15-21(22(19)29)33-20-9-6-5-8-18(20)25/h5-6,8-9,15-16,19,21-22,28-29H,4,7,10-14H2,1-3H3,(H,26,30)/t19-,21+,22+/m1/s1. The van der Waals surface area contributed by atoms with Crippen LogP contribution in [-0.4, -0.2) is 78.1 Å². The predicted molar refractivity (Wildman–Crippen MR) is 134 cm³/mol. The highest BCUT2D eigenvalue weighted by Crippen LogP contribution is 2.30. The van der Waals surface area contributed by atoms with Crippen LogP contribution < -0.4 is 10.1 Å². The molecule has 184 valence electrons. The summed E-state index contributed by atoms with van der Waals surface area (Å²) in [6, 6.07) is 6.79. The highest BCUT2D eigenvalue weighted by molar-refractivity contribution is 14.1. The van der Waals surface area contributed by atoms with E-state index < -0.39 is 18.2 Å². The van der Waals surface area contributed by atoms with Crippen LogP contribution in [0.3, 0.4) is 0 Å². The van der Waals surface area contributed by atoms with Gasteiger partial charge in [-0.05, 0) is 54.1 Å². The Bertz CT molecular complexity index is 816. The average Bonchev–Trinajstić information content (AvgIpc) is 2.80. The Kier molecular flexibility index (Phi) is 11.6. The first kappa shape index (κ1) is 27.6. The summed E-state index contributed by atoms with van der Waals surface area (Å²) < 4.78 is 12.4. The number of nitrogens with zero attached hydrogens (tertiary/aromatic N) is 1. The number of aliphatic hydroxyl groups excluding tert-OH is 2. The number of hydrogen-bond donors (Lipinski definition) is 3. The van der Waals surface area contributed by atoms with Gasteiger partial charge in [0, 0.05) is 44.2 Å². The molecule has 0 aliphatic heterocycles. The van der Waals surface area contributed by atoms with E-state index in [9.17, 15) is 14.7 Å². The number of ether oxygens (including phenoxy) is 2. The largest absolute Gasteiger partial charge is 0.482 e. The second kappa shape index (κ2) is 13.9. The van der Waals surface area contributed by atoms with Crippen LogP contribution in [0.1, 0.15) is 33.6 Å². The van der Waals surface area contributed by atoms with Crippen molar-refractivity contribution in [1.82, 2.24) is 10.2 Å². The first-order valence-electron chi connectivity index (χ1n) is 11.4. The average molecular weight is 574 g/mol. The van der Waals surface area contributed by atoms with Gasteiger partial charge in [0.15, 0.2) is 0 Å². The number of nitrogens with one attached hydrogen (secondary N) is 1. The van der Waals surface area contributed by atoms with E-state index in [-0.39, 0.29) is 37.3 Å². The summed E-state index contributed by atoms with van der Waals surface area (Å²) in [5.74, 6) is -0.118. The first-order valence-corrected chi connectivity index (χ1v) is 12.4. The summed E-state index contributed by atoms with van der Waals surface area (Å²) in [4.78, 5) is 27.5. The second-order valence-corrected chi connectivity index (χ2v) is 9.35. The van der Waals surface area contributed by atoms with E-state index in [1.54, 1.807) is 17.0 Å². The molecule has 1 aromatic carbocycles. The molecule has 0 bridgehead atoms. The zero-order valence-electron chi connectivity index (χ0n) is 19.5. The monoisotopic (exact) mass is 574 g/mol. The molecule has 1 aliphatic carbocycles. The lowest BCUT2D eigenvalue weighted by atomic mass is 9.87. The molecular weight excluding hydrogens is 539 g/mol. The van der Waals surface area contributed by atoms with Gasteiger partial charge < -0.3 is 29.9 Å². The van der Waals surface area contributed by atoms with Crippen molar-refractivity contribution < 1.29 is 29.3 Å². The third-order valence-corrected chi connectivity index (χ3v) is 6.27. The van der Waals surface area contributed by atoms with E-state index in [1.165, 1.54) is 0 Å². The van der Waals surface area contributed by atoms with Gasteiger partial charge in [0.05, 0.1) is 16.2 Å². The minimum absolute atomic E-state index is 0.0967. The number of carbonyl (C=O) groups excluding carboxylic acids is 2. The molecule has 0 fully saturated rings. The summed E-state index contributed by atoms with van der Waals surface area (Å²) in [6.07, 6.45) is 0.592. The molecule has 0 saturated heterocycles. The molecule has 0 radical (unpaired) electrons. The molecular formula is C24H35IN2O6. The number of hydrogen-bond acceptors (Lipinski definition) is 6. The van der Waals surface area contributed by atoms with Gasteiger partial charge in [-0.1, -0.05) is 26.0 Å². The van der Waals surface area contributed by atoms with Gasteiger partial charge in [-0.15, -0.1) is 0 Å². The maximum Gasteiger partial charge on any atom is 0.247 e. The molecule has 0 saturated carbocycles. The molecule has 2 amide bonds. The van der Waals surface area contributed by atoms with Crippen molar-refractivity contribution in [3.8, 4) is 5.75 Å². The molecule has 0 aromatic heterocycles. The molecule has 33 heavy (non-hydrogen) atoms. The number of benzene rings is 1. The number of aliphatic hydroxyl groups is 2. The molecule has 3 N–H and O–H groups in total. The van der Waals surface area contributed by atoms with E-state index in [2.05, 4.69) is 27.9 Å². The minimum Gasteiger partial charge on any atom is -0.482 e. The second-order valence-electron chi connectivity index (χ2n) is 8.18. The van der Waals surface area contributed by atoms with E-state index >= 15 is 0 Å². The van der Waals surface area contributed by atoms with Crippen LogP contribution in [0.2, 0.25) is 0 Å². The van der Waals surface area contributed by atoms with Crippen LogP contribution in [0.4, 0.5) is 0 Å². The van der Waals surface area contributed by atoms with Crippen molar-refractivity contribution in [3.05, 3.63) is 39.5 Å². The van der Waals surface area contributed by atoms with Crippen molar-refractivity contribution in [2.75, 3.05) is 32.9 Å². The van der Waals surface area contributed by atoms with Gasteiger partial charge in [-0.25, -0.2) is 0 Å². The summed E-state index contributed by atoms with van der Waals surface area (Å²) >= 11 is 2.15. The lowest BCUT2D eigenvalue weighted by Gasteiger charge is -2.41. The number of rotatable bonds is 12. The van der Waals surface area contributed by atoms with Crippen LogP contribution in [0.15, 0.2) is 35.9 Å². The van der Waals surface area contributed by atoms with Crippen molar-refractivity contribution in [3.63, 3.8) is 0 Å². The molecule has 0 spiro atoms. The normalized spacial score (nSPS) is 20.3. The topological polar surface area (TPSA) is 108 Å². The Morgan fingerprint density at radius 3 is 2.67 bits per heavy atom. The Morgan fingerprint density at radius 1 is 1.30 bits per heavy atom. The van der Waals surface area contributed by atoms with E-state index in [0.717, 1.165) is 3.57 Å². The molecule has 0 unspecified atom stereocenters. The number of carbonyl (C=O) groups is 2. The van der Waals surface area contributed by atoms with Crippen LogP contribution in [0.5, 0.6) is 5.75 Å². The third-order valence-electron chi connectivity index (χ3n) is 5.38. The van der Waals surface area contributed by atoms with Crippen molar-refractivity contribution in [2.45, 2.75) is 51.9 Å². The van der Waals surface area contributed by atoms with Gasteiger partial charge in [0.2, 0.25) is 11.8 Å². The number of halogens is 1. The fourth-order valence-electron chi connectivity index (χ4n) is 3.72. The predicted octanol–water partition coefficient (Wildman–Crippen LogP) is 2.12. The Balaban J connectivity index is 2.35. The molecule has 0 heterocycles. The number of amides is 2. The zero-order valence-corrected chi connectivity index (χ0v) is 21.7. The van der Waals surface area contributed by atoms with E-state index in [4.69, 9.17) is 14.6 Å². The van der Waals surface area contributed by atoms with Crippen LogP contribution in [0, 0.1) is 9.49 Å². The molecule has 2 rings (SSSR count). The Morgan fingerprint density at radius 2 is 2.03 bits per heavy atom. The lowest BCUT2D eigenvalue weighted by molar-refractivity contribution is -0.142. The third kappa shape index (κ3) is 7.94. The van der Waals surface area contributed by atoms with Crippen LogP contribution in [0.25, 0.3) is 0 Å².